The van der Waals surface area contributed by atoms with Crippen molar-refractivity contribution in [2.75, 3.05) is 13.7 Å². The molecule has 25 heavy (non-hydrogen) atoms. The Balaban J connectivity index is 2.19. The fourth-order valence-corrected chi connectivity index (χ4v) is 2.71. The second-order valence-electron chi connectivity index (χ2n) is 5.94. The summed E-state index contributed by atoms with van der Waals surface area (Å²) in [5.74, 6) is -0.297. The Kier molecular flexibility index (Phi) is 6.33. The number of nitrogens with zero attached hydrogens (tertiary/aromatic N) is 2. The number of ether oxygens (including phenoxy) is 1. The molecule has 0 radical (unpaired) electrons. The largest absolute Gasteiger partial charge is 0.469 e. The van der Waals surface area contributed by atoms with Crippen LogP contribution in [0.5, 0.6) is 0 Å². The van der Waals surface area contributed by atoms with Crippen LogP contribution in [0.25, 0.3) is 5.69 Å². The molecule has 0 saturated heterocycles. The van der Waals surface area contributed by atoms with Crippen LogP contribution in [0.3, 0.4) is 0 Å². The number of nitrogens with one attached hydrogen (secondary N) is 1. The topological polar surface area (TPSA) is 73.2 Å². The Hall–Kier alpha value is -2.63. The number of hydrogen-bond acceptors (Lipinski definition) is 4. The Morgan fingerprint density at radius 3 is 2.48 bits per heavy atom. The molecule has 2 aromatic rings. The summed E-state index contributed by atoms with van der Waals surface area (Å²) < 4.78 is 6.55. The van der Waals surface area contributed by atoms with Crippen LogP contribution in [-0.4, -0.2) is 35.3 Å². The highest BCUT2D eigenvalue weighted by atomic mass is 16.5. The highest BCUT2D eigenvalue weighted by Crippen LogP contribution is 2.20. The van der Waals surface area contributed by atoms with Crippen LogP contribution in [0.2, 0.25) is 0 Å². The minimum atomic E-state index is -0.228. The maximum absolute atomic E-state index is 12.0. The van der Waals surface area contributed by atoms with Crippen molar-refractivity contribution in [3.63, 3.8) is 0 Å². The quantitative estimate of drug-likeness (QED) is 0.785. The molecule has 1 aromatic carbocycles. The summed E-state index contributed by atoms with van der Waals surface area (Å²) >= 11 is 0. The van der Waals surface area contributed by atoms with Crippen molar-refractivity contribution in [2.24, 2.45) is 0 Å². The molecule has 0 unspecified atom stereocenters. The number of methoxy groups -OCH3 is 1. The first-order valence-electron chi connectivity index (χ1n) is 8.48. The molecule has 1 amide bonds. The van der Waals surface area contributed by atoms with Gasteiger partial charge in [0.1, 0.15) is 0 Å². The molecule has 1 aromatic heterocycles. The van der Waals surface area contributed by atoms with E-state index in [2.05, 4.69) is 10.4 Å². The van der Waals surface area contributed by atoms with Crippen molar-refractivity contribution in [1.29, 1.82) is 0 Å². The van der Waals surface area contributed by atoms with E-state index in [0.29, 0.717) is 24.9 Å². The average Bonchev–Trinajstić information content (AvgIpc) is 2.91. The molecule has 0 aliphatic heterocycles. The van der Waals surface area contributed by atoms with E-state index < -0.39 is 0 Å². The molecule has 0 fully saturated rings. The minimum Gasteiger partial charge on any atom is -0.469 e. The summed E-state index contributed by atoms with van der Waals surface area (Å²) in [5.41, 5.74) is 4.45. The zero-order valence-corrected chi connectivity index (χ0v) is 15.3. The molecule has 2 rings (SSSR count). The first-order valence-corrected chi connectivity index (χ1v) is 8.48. The predicted molar refractivity (Wildman–Crippen MR) is 96.0 cm³/mol. The highest BCUT2D eigenvalue weighted by molar-refractivity contribution is 5.94. The van der Waals surface area contributed by atoms with Gasteiger partial charge < -0.3 is 10.1 Å². The maximum atomic E-state index is 12.0. The first-order chi connectivity index (χ1) is 12.0. The van der Waals surface area contributed by atoms with Gasteiger partial charge in [0.25, 0.3) is 5.91 Å². The maximum Gasteiger partial charge on any atom is 0.305 e. The summed E-state index contributed by atoms with van der Waals surface area (Å²) in [4.78, 5) is 23.4. The van der Waals surface area contributed by atoms with Gasteiger partial charge in [0.15, 0.2) is 0 Å². The lowest BCUT2D eigenvalue weighted by Crippen LogP contribution is -2.23. The van der Waals surface area contributed by atoms with E-state index in [1.165, 1.54) is 7.11 Å². The van der Waals surface area contributed by atoms with E-state index in [1.807, 2.05) is 37.6 Å². The van der Waals surface area contributed by atoms with Gasteiger partial charge in [-0.15, -0.1) is 0 Å². The van der Waals surface area contributed by atoms with Crippen LogP contribution in [0, 0.1) is 13.8 Å². The monoisotopic (exact) mass is 343 g/mol. The molecule has 0 bridgehead atoms. The van der Waals surface area contributed by atoms with E-state index in [4.69, 9.17) is 4.74 Å². The van der Waals surface area contributed by atoms with E-state index in [1.54, 1.807) is 12.1 Å². The Labute approximate surface area is 148 Å². The molecule has 6 nitrogen and oxygen atoms in total. The molecule has 0 atom stereocenters. The van der Waals surface area contributed by atoms with Gasteiger partial charge in [-0.2, -0.15) is 5.10 Å². The Morgan fingerprint density at radius 2 is 1.88 bits per heavy atom. The van der Waals surface area contributed by atoms with Crippen LogP contribution in [0.4, 0.5) is 0 Å². The Morgan fingerprint density at radius 1 is 1.20 bits per heavy atom. The number of aryl methyl sites for hydroxylation is 1. The predicted octanol–water partition coefficient (Wildman–Crippen LogP) is 2.73. The number of aromatic nitrogens is 2. The van der Waals surface area contributed by atoms with Gasteiger partial charge in [0.05, 0.1) is 18.5 Å². The van der Waals surface area contributed by atoms with Gasteiger partial charge in [-0.1, -0.05) is 6.92 Å². The van der Waals surface area contributed by atoms with Crippen LogP contribution < -0.4 is 5.32 Å². The molecular formula is C19H25N3O3. The van der Waals surface area contributed by atoms with E-state index in [0.717, 1.165) is 29.1 Å². The third-order valence-electron chi connectivity index (χ3n) is 4.16. The lowest BCUT2D eigenvalue weighted by molar-refractivity contribution is -0.140. The number of carbonyl (C=O) groups is 2. The fraction of sp³-hybridized carbons (Fsp3) is 0.421. The molecule has 0 aliphatic rings. The van der Waals surface area contributed by atoms with E-state index in [-0.39, 0.29) is 11.9 Å². The smallest absolute Gasteiger partial charge is 0.305 e. The second-order valence-corrected chi connectivity index (χ2v) is 5.94. The van der Waals surface area contributed by atoms with Gasteiger partial charge in [0.2, 0.25) is 0 Å². The van der Waals surface area contributed by atoms with Crippen molar-refractivity contribution in [3.05, 3.63) is 46.8 Å². The second kappa shape index (κ2) is 8.46. The average molecular weight is 343 g/mol. The highest BCUT2D eigenvalue weighted by Gasteiger charge is 2.14. The number of benzene rings is 1. The molecular weight excluding hydrogens is 318 g/mol. The zero-order chi connectivity index (χ0) is 18.4. The lowest BCUT2D eigenvalue weighted by atomic mass is 10.1. The molecule has 0 aliphatic carbocycles. The molecule has 0 spiro atoms. The standard InChI is InChI=1S/C19H25N3O3/c1-5-12-20-19(24)15-6-8-16(9-7-15)22-14(3)17(13(2)21-22)10-11-18(23)25-4/h6-9H,5,10-12H2,1-4H3,(H,20,24). The van der Waals surface area contributed by atoms with Crippen LogP contribution >= 0.6 is 0 Å². The number of amides is 1. The van der Waals surface area contributed by atoms with Crippen LogP contribution in [-0.2, 0) is 16.0 Å². The van der Waals surface area contributed by atoms with Crippen molar-refractivity contribution in [3.8, 4) is 5.69 Å². The molecule has 1 heterocycles. The summed E-state index contributed by atoms with van der Waals surface area (Å²) in [6, 6.07) is 7.35. The van der Waals surface area contributed by atoms with Gasteiger partial charge >= 0.3 is 5.97 Å². The number of esters is 1. The van der Waals surface area contributed by atoms with E-state index in [9.17, 15) is 9.59 Å². The van der Waals surface area contributed by atoms with Gasteiger partial charge in [-0.05, 0) is 56.5 Å². The van der Waals surface area contributed by atoms with Gasteiger partial charge in [0, 0.05) is 24.2 Å². The van der Waals surface area contributed by atoms with Gasteiger partial charge in [-0.3, -0.25) is 9.59 Å². The fourth-order valence-electron chi connectivity index (χ4n) is 2.71. The number of hydrogen-bond donors (Lipinski definition) is 1. The van der Waals surface area contributed by atoms with E-state index >= 15 is 0 Å². The normalized spacial score (nSPS) is 10.6. The van der Waals surface area contributed by atoms with Crippen molar-refractivity contribution in [1.82, 2.24) is 15.1 Å². The lowest BCUT2D eigenvalue weighted by Gasteiger charge is -2.07. The molecule has 6 heteroatoms. The third-order valence-corrected chi connectivity index (χ3v) is 4.16. The summed E-state index contributed by atoms with van der Waals surface area (Å²) in [5, 5.41) is 7.43. The van der Waals surface area contributed by atoms with Crippen LogP contribution in [0.15, 0.2) is 24.3 Å². The summed E-state index contributed by atoms with van der Waals surface area (Å²) in [7, 11) is 1.39. The number of carbonyl (C=O) groups excluding carboxylic acids is 2. The van der Waals surface area contributed by atoms with Crippen molar-refractivity contribution >= 4 is 11.9 Å². The summed E-state index contributed by atoms with van der Waals surface area (Å²) in [6.45, 7) is 6.60. The molecule has 134 valence electrons. The van der Waals surface area contributed by atoms with Crippen molar-refractivity contribution < 1.29 is 14.3 Å². The third kappa shape index (κ3) is 4.47. The minimum absolute atomic E-state index is 0.0689. The first kappa shape index (κ1) is 18.7. The SMILES string of the molecule is CCCNC(=O)c1ccc(-n2nc(C)c(CCC(=O)OC)c2C)cc1. The van der Waals surface area contributed by atoms with Crippen molar-refractivity contribution in [2.45, 2.75) is 40.0 Å². The van der Waals surface area contributed by atoms with Crippen LogP contribution in [0.1, 0.15) is 47.1 Å². The summed E-state index contributed by atoms with van der Waals surface area (Å²) in [6.07, 6.45) is 1.84. The number of rotatable bonds is 7. The molecule has 1 N–H and O–H groups in total. The Bertz CT molecular complexity index is 748. The zero-order valence-electron chi connectivity index (χ0n) is 15.3. The van der Waals surface area contributed by atoms with Gasteiger partial charge in [-0.25, -0.2) is 4.68 Å². The molecule has 0 saturated carbocycles.